The third-order valence-electron chi connectivity index (χ3n) is 1.68. The van der Waals surface area contributed by atoms with Gasteiger partial charge in [0.1, 0.15) is 5.69 Å². The van der Waals surface area contributed by atoms with Crippen molar-refractivity contribution >= 4 is 12.3 Å². The number of aliphatic carboxylic acids is 1. The molecule has 1 rings (SSSR count). The molecule has 0 fully saturated rings. The van der Waals surface area contributed by atoms with Crippen molar-refractivity contribution in [2.75, 3.05) is 0 Å². The molecule has 0 saturated heterocycles. The summed E-state index contributed by atoms with van der Waals surface area (Å²) in [6.07, 6.45) is -5.15. The van der Waals surface area contributed by atoms with Crippen molar-refractivity contribution in [3.8, 4) is 0 Å². The van der Waals surface area contributed by atoms with E-state index in [1.54, 1.807) is 0 Å². The maximum Gasteiger partial charge on any atom is 0.416 e. The lowest BCUT2D eigenvalue weighted by Gasteiger charge is -2.08. The van der Waals surface area contributed by atoms with Gasteiger partial charge in [-0.15, -0.1) is 0 Å². The Labute approximate surface area is 87.7 Å². The Morgan fingerprint density at radius 2 is 2.06 bits per heavy atom. The van der Waals surface area contributed by atoms with E-state index in [1.807, 2.05) is 0 Å². The maximum absolute atomic E-state index is 12.3. The number of rotatable bonds is 3. The average Bonchev–Trinajstić information content (AvgIpc) is 2.14. The number of pyridine rings is 1. The lowest BCUT2D eigenvalue weighted by molar-refractivity contribution is -0.139. The van der Waals surface area contributed by atoms with E-state index in [-0.39, 0.29) is 12.0 Å². The van der Waals surface area contributed by atoms with Gasteiger partial charge in [-0.1, -0.05) is 0 Å². The Morgan fingerprint density at radius 3 is 2.50 bits per heavy atom. The van der Waals surface area contributed by atoms with Crippen molar-refractivity contribution in [1.82, 2.24) is 4.98 Å². The van der Waals surface area contributed by atoms with Gasteiger partial charge in [-0.05, 0) is 12.1 Å². The third-order valence-corrected chi connectivity index (χ3v) is 1.68. The van der Waals surface area contributed by atoms with Crippen LogP contribution in [0.25, 0.3) is 0 Å². The number of aldehydes is 1. The molecule has 0 radical (unpaired) electrons. The van der Waals surface area contributed by atoms with Gasteiger partial charge in [-0.25, -0.2) is 4.98 Å². The zero-order chi connectivity index (χ0) is 12.3. The number of alkyl halides is 3. The van der Waals surface area contributed by atoms with Crippen molar-refractivity contribution < 1.29 is 27.9 Å². The van der Waals surface area contributed by atoms with Gasteiger partial charge in [0.15, 0.2) is 6.29 Å². The largest absolute Gasteiger partial charge is 0.481 e. The minimum Gasteiger partial charge on any atom is -0.481 e. The van der Waals surface area contributed by atoms with E-state index in [4.69, 9.17) is 5.11 Å². The smallest absolute Gasteiger partial charge is 0.416 e. The van der Waals surface area contributed by atoms with Crippen molar-refractivity contribution in [3.05, 3.63) is 29.1 Å². The van der Waals surface area contributed by atoms with Crippen LogP contribution < -0.4 is 0 Å². The van der Waals surface area contributed by atoms with Crippen LogP contribution in [0, 0.1) is 0 Å². The second kappa shape index (κ2) is 4.30. The molecule has 0 aliphatic carbocycles. The summed E-state index contributed by atoms with van der Waals surface area (Å²) in [6.45, 7) is 0. The van der Waals surface area contributed by atoms with Gasteiger partial charge < -0.3 is 5.11 Å². The van der Waals surface area contributed by atoms with Crippen LogP contribution in [0.15, 0.2) is 12.1 Å². The molecular formula is C9H6F3NO3. The first-order valence-corrected chi connectivity index (χ1v) is 4.08. The molecule has 1 aromatic rings. The fraction of sp³-hybridized carbons (Fsp3) is 0.222. The molecule has 1 N–H and O–H groups in total. The zero-order valence-electron chi connectivity index (χ0n) is 7.78. The summed E-state index contributed by atoms with van der Waals surface area (Å²) >= 11 is 0. The summed E-state index contributed by atoms with van der Waals surface area (Å²) < 4.78 is 37.0. The Bertz CT molecular complexity index is 428. The SMILES string of the molecule is O=Cc1cc(C(F)(F)F)cc(CC(=O)O)n1. The van der Waals surface area contributed by atoms with E-state index in [0.29, 0.717) is 12.1 Å². The van der Waals surface area contributed by atoms with Gasteiger partial charge in [0, 0.05) is 0 Å². The van der Waals surface area contributed by atoms with Crippen LogP contribution in [0.1, 0.15) is 21.7 Å². The number of carbonyl (C=O) groups excluding carboxylic acids is 1. The summed E-state index contributed by atoms with van der Waals surface area (Å²) in [5, 5.41) is 8.41. The Morgan fingerprint density at radius 1 is 1.44 bits per heavy atom. The van der Waals surface area contributed by atoms with Crippen LogP contribution in [-0.4, -0.2) is 22.3 Å². The minimum absolute atomic E-state index is 0.139. The molecule has 0 aromatic carbocycles. The highest BCUT2D eigenvalue weighted by Crippen LogP contribution is 2.29. The highest BCUT2D eigenvalue weighted by atomic mass is 19.4. The van der Waals surface area contributed by atoms with E-state index >= 15 is 0 Å². The predicted molar refractivity (Wildman–Crippen MR) is 46.0 cm³/mol. The number of aromatic nitrogens is 1. The molecule has 4 nitrogen and oxygen atoms in total. The second-order valence-corrected chi connectivity index (χ2v) is 2.96. The lowest BCUT2D eigenvalue weighted by Crippen LogP contribution is -2.10. The lowest BCUT2D eigenvalue weighted by atomic mass is 10.1. The van der Waals surface area contributed by atoms with Crippen molar-refractivity contribution in [3.63, 3.8) is 0 Å². The standard InChI is InChI=1S/C9H6F3NO3/c10-9(11,12)5-1-6(3-8(15)16)13-7(2-5)4-14/h1-2,4H,3H2,(H,15,16). The Hall–Kier alpha value is -1.92. The Balaban J connectivity index is 3.21. The summed E-state index contributed by atoms with van der Waals surface area (Å²) in [4.78, 5) is 24.1. The number of nitrogens with zero attached hydrogens (tertiary/aromatic N) is 1. The molecule has 0 aliphatic heterocycles. The van der Waals surface area contributed by atoms with Crippen molar-refractivity contribution in [2.45, 2.75) is 12.6 Å². The summed E-state index contributed by atoms with van der Waals surface area (Å²) in [5.41, 5.74) is -1.82. The number of carbonyl (C=O) groups is 2. The van der Waals surface area contributed by atoms with Gasteiger partial charge in [0.05, 0.1) is 17.7 Å². The van der Waals surface area contributed by atoms with Gasteiger partial charge in [-0.2, -0.15) is 13.2 Å². The molecule has 0 bridgehead atoms. The van der Waals surface area contributed by atoms with Gasteiger partial charge in [0.2, 0.25) is 0 Å². The van der Waals surface area contributed by atoms with Crippen molar-refractivity contribution in [2.24, 2.45) is 0 Å². The first kappa shape index (κ1) is 12.2. The molecule has 0 unspecified atom stereocenters. The normalized spacial score (nSPS) is 11.2. The predicted octanol–water partition coefficient (Wildman–Crippen LogP) is 1.54. The molecule has 0 spiro atoms. The van der Waals surface area contributed by atoms with Crippen LogP contribution in [0.4, 0.5) is 13.2 Å². The van der Waals surface area contributed by atoms with Crippen LogP contribution in [0.5, 0.6) is 0 Å². The van der Waals surface area contributed by atoms with E-state index < -0.39 is 29.8 Å². The highest BCUT2D eigenvalue weighted by molar-refractivity contribution is 5.73. The zero-order valence-corrected chi connectivity index (χ0v) is 7.78. The molecule has 0 saturated carbocycles. The number of carboxylic acid groups (broad SMARTS) is 1. The van der Waals surface area contributed by atoms with E-state index in [2.05, 4.69) is 4.98 Å². The monoisotopic (exact) mass is 233 g/mol. The van der Waals surface area contributed by atoms with E-state index in [1.165, 1.54) is 0 Å². The van der Waals surface area contributed by atoms with Crippen LogP contribution in [0.3, 0.4) is 0 Å². The molecule has 86 valence electrons. The summed E-state index contributed by atoms with van der Waals surface area (Å²) in [5.74, 6) is -1.32. The molecule has 0 amide bonds. The number of carboxylic acids is 1. The van der Waals surface area contributed by atoms with E-state index in [9.17, 15) is 22.8 Å². The van der Waals surface area contributed by atoms with Crippen LogP contribution in [-0.2, 0) is 17.4 Å². The molecule has 0 aliphatic rings. The average molecular weight is 233 g/mol. The fourth-order valence-electron chi connectivity index (χ4n) is 1.08. The molecule has 1 aromatic heterocycles. The first-order chi connectivity index (χ1) is 7.32. The number of halogens is 3. The first-order valence-electron chi connectivity index (χ1n) is 4.08. The Kier molecular flexibility index (Phi) is 3.26. The highest BCUT2D eigenvalue weighted by Gasteiger charge is 2.31. The number of hydrogen-bond donors (Lipinski definition) is 1. The van der Waals surface area contributed by atoms with Crippen molar-refractivity contribution in [1.29, 1.82) is 0 Å². The second-order valence-electron chi connectivity index (χ2n) is 2.96. The number of hydrogen-bond acceptors (Lipinski definition) is 3. The van der Waals surface area contributed by atoms with E-state index in [0.717, 1.165) is 0 Å². The molecular weight excluding hydrogens is 227 g/mol. The van der Waals surface area contributed by atoms with Crippen LogP contribution >= 0.6 is 0 Å². The molecule has 0 atom stereocenters. The molecule has 16 heavy (non-hydrogen) atoms. The summed E-state index contributed by atoms with van der Waals surface area (Å²) in [6, 6.07) is 1.18. The minimum atomic E-state index is -4.63. The van der Waals surface area contributed by atoms with Gasteiger partial charge >= 0.3 is 12.1 Å². The third kappa shape index (κ3) is 3.04. The molecule has 7 heteroatoms. The summed E-state index contributed by atoms with van der Waals surface area (Å²) in [7, 11) is 0. The topological polar surface area (TPSA) is 67.3 Å². The van der Waals surface area contributed by atoms with Gasteiger partial charge in [-0.3, -0.25) is 9.59 Å². The maximum atomic E-state index is 12.3. The fourth-order valence-corrected chi connectivity index (χ4v) is 1.08. The van der Waals surface area contributed by atoms with Crippen LogP contribution in [0.2, 0.25) is 0 Å². The van der Waals surface area contributed by atoms with Gasteiger partial charge in [0.25, 0.3) is 0 Å². The quantitative estimate of drug-likeness (QED) is 0.804. The molecule has 1 heterocycles.